The van der Waals surface area contributed by atoms with Crippen molar-refractivity contribution in [3.05, 3.63) is 50.9 Å². The molecule has 2 aromatic heterocycles. The molecule has 3 aromatic rings. The Morgan fingerprint density at radius 1 is 1.34 bits per heavy atom. The maximum Gasteiger partial charge on any atom is 0.260 e. The molecule has 3 N–H and O–H groups in total. The van der Waals surface area contributed by atoms with Crippen LogP contribution in [0.25, 0.3) is 10.2 Å². The minimum Gasteiger partial charge on any atom is -0.493 e. The van der Waals surface area contributed by atoms with Crippen molar-refractivity contribution in [3.8, 4) is 11.5 Å². The highest BCUT2D eigenvalue weighted by Crippen LogP contribution is 2.35. The number of benzene rings is 1. The smallest absolute Gasteiger partial charge is 0.260 e. The predicted octanol–water partition coefficient (Wildman–Crippen LogP) is 2.82. The van der Waals surface area contributed by atoms with E-state index in [0.29, 0.717) is 12.5 Å². The number of H-pyrrole nitrogens is 1. The molecule has 0 amide bonds. The van der Waals surface area contributed by atoms with Crippen LogP contribution in [0.4, 0.5) is 0 Å². The molecule has 0 unspecified atom stereocenters. The summed E-state index contributed by atoms with van der Waals surface area (Å²) in [6.07, 6.45) is 3.20. The lowest BCUT2D eigenvalue weighted by atomic mass is 9.89. The van der Waals surface area contributed by atoms with Gasteiger partial charge >= 0.3 is 0 Å². The largest absolute Gasteiger partial charge is 0.493 e. The first-order chi connectivity index (χ1) is 14.1. The lowest BCUT2D eigenvalue weighted by Crippen LogP contribution is -2.86. The Morgan fingerprint density at radius 3 is 2.93 bits per heavy atom. The van der Waals surface area contributed by atoms with Crippen LogP contribution in [0.15, 0.2) is 29.1 Å². The Balaban J connectivity index is 1.42. The zero-order chi connectivity index (χ0) is 20.4. The number of hydrogen-bond donors (Lipinski definition) is 2. The number of quaternary nitrogens is 1. The molecule has 0 spiro atoms. The maximum atomic E-state index is 12.8. The summed E-state index contributed by atoms with van der Waals surface area (Å²) in [6, 6.07) is 7.67. The second kappa shape index (κ2) is 8.55. The number of fused-ring (bicyclic) bond motifs is 3. The zero-order valence-electron chi connectivity index (χ0n) is 17.2. The molecule has 0 aliphatic heterocycles. The number of nitrogens with one attached hydrogen (secondary N) is 1. The average Bonchev–Trinajstić information content (AvgIpc) is 3.09. The lowest BCUT2D eigenvalue weighted by Gasteiger charge is -2.17. The molecule has 6 nitrogen and oxygen atoms in total. The second-order valence-electron chi connectivity index (χ2n) is 7.80. The van der Waals surface area contributed by atoms with Gasteiger partial charge in [-0.05, 0) is 49.8 Å². The number of ether oxygens (including phenoxy) is 2. The number of aromatic amines is 1. The highest BCUT2D eigenvalue weighted by Gasteiger charge is 2.24. The number of aromatic nitrogens is 2. The average molecular weight is 415 g/mol. The Morgan fingerprint density at radius 2 is 2.14 bits per heavy atom. The molecule has 1 aliphatic rings. The van der Waals surface area contributed by atoms with E-state index < -0.39 is 0 Å². The molecule has 0 bridgehead atoms. The van der Waals surface area contributed by atoms with E-state index in [-0.39, 0.29) is 11.6 Å². The highest BCUT2D eigenvalue weighted by molar-refractivity contribution is 7.18. The predicted molar refractivity (Wildman–Crippen MR) is 115 cm³/mol. The van der Waals surface area contributed by atoms with Crippen LogP contribution < -0.4 is 20.3 Å². The van der Waals surface area contributed by atoms with Gasteiger partial charge in [-0.1, -0.05) is 19.1 Å². The van der Waals surface area contributed by atoms with Crippen molar-refractivity contribution >= 4 is 21.6 Å². The summed E-state index contributed by atoms with van der Waals surface area (Å²) >= 11 is 1.70. The summed E-state index contributed by atoms with van der Waals surface area (Å²) < 4.78 is 11.1. The van der Waals surface area contributed by atoms with Crippen LogP contribution >= 0.6 is 11.3 Å². The molecular formula is C22H28N3O3S+. The molecule has 0 saturated carbocycles. The first-order valence-electron chi connectivity index (χ1n) is 10.2. The topological polar surface area (TPSA) is 80.8 Å². The summed E-state index contributed by atoms with van der Waals surface area (Å²) in [4.78, 5) is 22.8. The molecule has 2 atom stereocenters. The molecule has 7 heteroatoms. The van der Waals surface area contributed by atoms with E-state index in [0.717, 1.165) is 53.3 Å². The maximum absolute atomic E-state index is 12.8. The van der Waals surface area contributed by atoms with Gasteiger partial charge < -0.3 is 19.8 Å². The van der Waals surface area contributed by atoms with Crippen molar-refractivity contribution in [2.24, 2.45) is 5.92 Å². The monoisotopic (exact) mass is 414 g/mol. The van der Waals surface area contributed by atoms with Crippen molar-refractivity contribution in [1.29, 1.82) is 0 Å². The second-order valence-corrected chi connectivity index (χ2v) is 8.88. The number of hydrogen-bond acceptors (Lipinski definition) is 5. The summed E-state index contributed by atoms with van der Waals surface area (Å²) in [5.74, 6) is 2.88. The lowest BCUT2D eigenvalue weighted by molar-refractivity contribution is -0.694. The van der Waals surface area contributed by atoms with E-state index in [4.69, 9.17) is 14.5 Å². The van der Waals surface area contributed by atoms with E-state index >= 15 is 0 Å². The quantitative estimate of drug-likeness (QED) is 0.583. The van der Waals surface area contributed by atoms with Gasteiger partial charge in [0.1, 0.15) is 24.0 Å². The van der Waals surface area contributed by atoms with Crippen molar-refractivity contribution in [3.63, 3.8) is 0 Å². The third-order valence-corrected chi connectivity index (χ3v) is 6.73. The fourth-order valence-electron chi connectivity index (χ4n) is 3.92. The van der Waals surface area contributed by atoms with Crippen molar-refractivity contribution in [1.82, 2.24) is 9.97 Å². The molecule has 0 fully saturated rings. The van der Waals surface area contributed by atoms with Gasteiger partial charge in [-0.15, -0.1) is 11.3 Å². The molecule has 154 valence electrons. The van der Waals surface area contributed by atoms with Crippen molar-refractivity contribution < 1.29 is 14.8 Å². The van der Waals surface area contributed by atoms with E-state index in [1.54, 1.807) is 18.4 Å². The third-order valence-electron chi connectivity index (χ3n) is 5.58. The molecule has 0 radical (unpaired) electrons. The van der Waals surface area contributed by atoms with Crippen LogP contribution in [0.5, 0.6) is 11.5 Å². The highest BCUT2D eigenvalue weighted by atomic mass is 32.1. The molecule has 2 heterocycles. The Hall–Kier alpha value is -2.38. The number of nitrogens with two attached hydrogens (primary N) is 1. The Labute approximate surface area is 174 Å². The minimum atomic E-state index is 0.00238. The number of methoxy groups -OCH3 is 1. The molecular weight excluding hydrogens is 386 g/mol. The van der Waals surface area contributed by atoms with Crippen molar-refractivity contribution in [2.75, 3.05) is 20.3 Å². The first-order valence-corrected chi connectivity index (χ1v) is 11.0. The normalized spacial score (nSPS) is 17.1. The van der Waals surface area contributed by atoms with Gasteiger partial charge in [0.15, 0.2) is 17.3 Å². The number of thiophene rings is 1. The van der Waals surface area contributed by atoms with Crippen LogP contribution in [0.3, 0.4) is 0 Å². The van der Waals surface area contributed by atoms with E-state index in [1.807, 2.05) is 24.3 Å². The third kappa shape index (κ3) is 4.16. The van der Waals surface area contributed by atoms with Gasteiger partial charge in [0, 0.05) is 4.88 Å². The SMILES string of the molecule is COc1ccccc1OCC[NH2+][C@@H](C)c1nc2sc3c(c2c(=O)[nH]1)CC[C@@H](C)C3. The standard InChI is InChI=1S/C22H27N3O3S/c1-13-8-9-15-18(12-13)29-22-19(15)21(26)24-20(25-22)14(2)23-10-11-28-17-7-5-4-6-16(17)27-3/h4-7,13-14,23H,8-12H2,1-3H3,(H,24,25,26)/p+1/t13-,14+/m1/s1. The molecule has 4 rings (SSSR count). The summed E-state index contributed by atoms with van der Waals surface area (Å²) in [6.45, 7) is 5.63. The fraction of sp³-hybridized carbons (Fsp3) is 0.455. The van der Waals surface area contributed by atoms with E-state index in [2.05, 4.69) is 24.1 Å². The summed E-state index contributed by atoms with van der Waals surface area (Å²) in [5.41, 5.74) is 1.23. The Kier molecular flexibility index (Phi) is 5.87. The summed E-state index contributed by atoms with van der Waals surface area (Å²) in [7, 11) is 1.64. The zero-order valence-corrected chi connectivity index (χ0v) is 18.0. The van der Waals surface area contributed by atoms with Crippen LogP contribution in [-0.2, 0) is 12.8 Å². The van der Waals surface area contributed by atoms with Crippen LogP contribution in [0, 0.1) is 5.92 Å². The van der Waals surface area contributed by atoms with Gasteiger partial charge in [0.25, 0.3) is 5.56 Å². The Bertz CT molecular complexity index is 1060. The van der Waals surface area contributed by atoms with Crippen LogP contribution in [-0.4, -0.2) is 30.2 Å². The number of nitrogens with zero attached hydrogens (tertiary/aromatic N) is 1. The first kappa shape index (κ1) is 19.9. The molecule has 0 saturated heterocycles. The number of rotatable bonds is 7. The van der Waals surface area contributed by atoms with Gasteiger partial charge in [0.2, 0.25) is 0 Å². The molecule has 29 heavy (non-hydrogen) atoms. The molecule has 1 aromatic carbocycles. The van der Waals surface area contributed by atoms with Gasteiger partial charge in [0.05, 0.1) is 12.5 Å². The summed E-state index contributed by atoms with van der Waals surface area (Å²) in [5, 5.41) is 2.95. The molecule has 1 aliphatic carbocycles. The fourth-order valence-corrected chi connectivity index (χ4v) is 5.31. The van der Waals surface area contributed by atoms with Crippen LogP contribution in [0.1, 0.15) is 42.6 Å². The number of para-hydroxylation sites is 2. The van der Waals surface area contributed by atoms with E-state index in [9.17, 15) is 4.79 Å². The van der Waals surface area contributed by atoms with E-state index in [1.165, 1.54) is 10.4 Å². The van der Waals surface area contributed by atoms with Gasteiger partial charge in [-0.3, -0.25) is 4.79 Å². The minimum absolute atomic E-state index is 0.00238. The van der Waals surface area contributed by atoms with Crippen molar-refractivity contribution in [2.45, 2.75) is 39.2 Å². The van der Waals surface area contributed by atoms with Crippen LogP contribution in [0.2, 0.25) is 0 Å². The number of aryl methyl sites for hydroxylation is 1. The van der Waals surface area contributed by atoms with Gasteiger partial charge in [-0.2, -0.15) is 0 Å². The van der Waals surface area contributed by atoms with Gasteiger partial charge in [-0.25, -0.2) is 4.98 Å².